The molecule has 6 nitrogen and oxygen atoms in total. The summed E-state index contributed by atoms with van der Waals surface area (Å²) in [6.45, 7) is 2.35. The average molecular weight is 331 g/mol. The van der Waals surface area contributed by atoms with Crippen molar-refractivity contribution in [3.8, 4) is 0 Å². The lowest BCUT2D eigenvalue weighted by atomic mass is 10.2. The maximum atomic E-state index is 13.2. The van der Waals surface area contributed by atoms with Crippen molar-refractivity contribution in [3.05, 3.63) is 64.0 Å². The minimum atomic E-state index is -0.456. The van der Waals surface area contributed by atoms with Crippen LogP contribution in [0, 0.1) is 22.9 Å². The number of nitro groups is 1. The molecule has 0 heterocycles. The van der Waals surface area contributed by atoms with Gasteiger partial charge in [-0.05, 0) is 43.2 Å². The standard InChI is InChI=1S/C17H18FN3O3/c1-12-4-5-13(18)11-16(12)20-17(22)3-2-10-19-14-6-8-15(9-7-14)21(23)24/h4-9,11,19H,2-3,10H2,1H3,(H,20,22). The Morgan fingerprint density at radius 2 is 1.92 bits per heavy atom. The first-order valence-corrected chi connectivity index (χ1v) is 7.50. The molecule has 1 amide bonds. The highest BCUT2D eigenvalue weighted by Crippen LogP contribution is 2.17. The predicted octanol–water partition coefficient (Wildman–Crippen LogP) is 3.87. The first kappa shape index (κ1) is 17.4. The molecule has 0 saturated heterocycles. The van der Waals surface area contributed by atoms with Crippen LogP contribution in [0.25, 0.3) is 0 Å². The lowest BCUT2D eigenvalue weighted by molar-refractivity contribution is -0.384. The molecule has 126 valence electrons. The van der Waals surface area contributed by atoms with Crippen LogP contribution >= 0.6 is 0 Å². The molecule has 0 aliphatic heterocycles. The van der Waals surface area contributed by atoms with Gasteiger partial charge in [0.1, 0.15) is 5.82 Å². The van der Waals surface area contributed by atoms with Crippen LogP contribution in [0.5, 0.6) is 0 Å². The molecule has 0 fully saturated rings. The van der Waals surface area contributed by atoms with Gasteiger partial charge in [0, 0.05) is 36.5 Å². The molecule has 0 radical (unpaired) electrons. The summed E-state index contributed by atoms with van der Waals surface area (Å²) in [5, 5.41) is 16.3. The van der Waals surface area contributed by atoms with Crippen LogP contribution in [0.3, 0.4) is 0 Å². The monoisotopic (exact) mass is 331 g/mol. The number of amides is 1. The highest BCUT2D eigenvalue weighted by atomic mass is 19.1. The maximum Gasteiger partial charge on any atom is 0.269 e. The summed E-state index contributed by atoms with van der Waals surface area (Å²) >= 11 is 0. The van der Waals surface area contributed by atoms with E-state index in [1.807, 2.05) is 0 Å². The minimum Gasteiger partial charge on any atom is -0.385 e. The molecule has 0 spiro atoms. The number of anilines is 2. The van der Waals surface area contributed by atoms with Crippen molar-refractivity contribution in [2.45, 2.75) is 19.8 Å². The van der Waals surface area contributed by atoms with E-state index < -0.39 is 10.7 Å². The number of benzene rings is 2. The Hall–Kier alpha value is -2.96. The summed E-state index contributed by atoms with van der Waals surface area (Å²) in [7, 11) is 0. The Bertz CT molecular complexity index is 732. The number of carbonyl (C=O) groups is 1. The van der Waals surface area contributed by atoms with Crippen molar-refractivity contribution in [1.29, 1.82) is 0 Å². The third-order valence-electron chi connectivity index (χ3n) is 3.46. The molecule has 2 rings (SSSR count). The molecule has 2 aromatic carbocycles. The number of halogens is 1. The van der Waals surface area contributed by atoms with Crippen molar-refractivity contribution < 1.29 is 14.1 Å². The highest BCUT2D eigenvalue weighted by Gasteiger charge is 2.06. The van der Waals surface area contributed by atoms with E-state index in [1.165, 1.54) is 24.3 Å². The predicted molar refractivity (Wildman–Crippen MR) is 90.6 cm³/mol. The first-order valence-electron chi connectivity index (χ1n) is 7.50. The van der Waals surface area contributed by atoms with Crippen LogP contribution in [0.2, 0.25) is 0 Å². The Kier molecular flexibility index (Phi) is 5.83. The number of hydrogen-bond donors (Lipinski definition) is 2. The van der Waals surface area contributed by atoms with Crippen LogP contribution in [-0.4, -0.2) is 17.4 Å². The van der Waals surface area contributed by atoms with Gasteiger partial charge in [-0.1, -0.05) is 6.07 Å². The molecule has 24 heavy (non-hydrogen) atoms. The van der Waals surface area contributed by atoms with Gasteiger partial charge < -0.3 is 10.6 Å². The lowest BCUT2D eigenvalue weighted by Gasteiger charge is -2.09. The SMILES string of the molecule is Cc1ccc(F)cc1NC(=O)CCCNc1ccc([N+](=O)[O-])cc1. The number of nitrogens with one attached hydrogen (secondary N) is 2. The van der Waals surface area contributed by atoms with Crippen LogP contribution in [0.1, 0.15) is 18.4 Å². The van der Waals surface area contributed by atoms with Crippen molar-refractivity contribution in [1.82, 2.24) is 0 Å². The van der Waals surface area contributed by atoms with Gasteiger partial charge >= 0.3 is 0 Å². The largest absolute Gasteiger partial charge is 0.385 e. The number of nitrogens with zero attached hydrogens (tertiary/aromatic N) is 1. The molecule has 0 aliphatic rings. The van der Waals surface area contributed by atoms with Gasteiger partial charge in [-0.25, -0.2) is 4.39 Å². The summed E-state index contributed by atoms with van der Waals surface area (Å²) in [6, 6.07) is 10.3. The van der Waals surface area contributed by atoms with Gasteiger partial charge in [-0.2, -0.15) is 0 Å². The van der Waals surface area contributed by atoms with E-state index in [2.05, 4.69) is 10.6 Å². The van der Waals surface area contributed by atoms with Crippen LogP contribution in [0.4, 0.5) is 21.5 Å². The summed E-state index contributed by atoms with van der Waals surface area (Å²) in [5.41, 5.74) is 2.06. The zero-order chi connectivity index (χ0) is 17.5. The fraction of sp³-hybridized carbons (Fsp3) is 0.235. The molecule has 2 N–H and O–H groups in total. The van der Waals surface area contributed by atoms with E-state index >= 15 is 0 Å². The van der Waals surface area contributed by atoms with Crippen LogP contribution < -0.4 is 10.6 Å². The number of nitro benzene ring substituents is 1. The molecule has 0 bridgehead atoms. The van der Waals surface area contributed by atoms with E-state index in [9.17, 15) is 19.3 Å². The van der Waals surface area contributed by atoms with Crippen molar-refractivity contribution in [2.24, 2.45) is 0 Å². The number of aryl methyl sites for hydroxylation is 1. The number of carbonyl (C=O) groups excluding carboxylic acids is 1. The van der Waals surface area contributed by atoms with Crippen molar-refractivity contribution in [3.63, 3.8) is 0 Å². The number of rotatable bonds is 7. The van der Waals surface area contributed by atoms with Gasteiger partial charge in [-0.3, -0.25) is 14.9 Å². The van der Waals surface area contributed by atoms with Gasteiger partial charge in [0.2, 0.25) is 5.91 Å². The summed E-state index contributed by atoms with van der Waals surface area (Å²) in [5.74, 6) is -0.579. The highest BCUT2D eigenvalue weighted by molar-refractivity contribution is 5.91. The van der Waals surface area contributed by atoms with E-state index in [4.69, 9.17) is 0 Å². The molecule has 0 unspecified atom stereocenters. The Morgan fingerprint density at radius 1 is 1.21 bits per heavy atom. The average Bonchev–Trinajstić information content (AvgIpc) is 2.55. The smallest absolute Gasteiger partial charge is 0.269 e. The van der Waals surface area contributed by atoms with Crippen molar-refractivity contribution in [2.75, 3.05) is 17.2 Å². The molecular formula is C17H18FN3O3. The third kappa shape index (κ3) is 5.05. The maximum absolute atomic E-state index is 13.2. The molecule has 0 saturated carbocycles. The van der Waals surface area contributed by atoms with Gasteiger partial charge in [-0.15, -0.1) is 0 Å². The van der Waals surface area contributed by atoms with E-state index in [1.54, 1.807) is 25.1 Å². The molecular weight excluding hydrogens is 313 g/mol. The van der Waals surface area contributed by atoms with Gasteiger partial charge in [0.25, 0.3) is 5.69 Å². The molecule has 0 aromatic heterocycles. The second kappa shape index (κ2) is 8.05. The van der Waals surface area contributed by atoms with Gasteiger partial charge in [0.05, 0.1) is 4.92 Å². The van der Waals surface area contributed by atoms with Gasteiger partial charge in [0.15, 0.2) is 0 Å². The van der Waals surface area contributed by atoms with E-state index in [0.717, 1.165) is 11.3 Å². The molecule has 0 atom stereocenters. The molecule has 2 aromatic rings. The first-order chi connectivity index (χ1) is 11.5. The summed E-state index contributed by atoms with van der Waals surface area (Å²) < 4.78 is 13.2. The zero-order valence-corrected chi connectivity index (χ0v) is 13.2. The zero-order valence-electron chi connectivity index (χ0n) is 13.2. The van der Waals surface area contributed by atoms with Crippen molar-refractivity contribution >= 4 is 23.0 Å². The quantitative estimate of drug-likeness (QED) is 0.458. The summed E-state index contributed by atoms with van der Waals surface area (Å²) in [6.07, 6.45) is 0.868. The molecule has 7 heteroatoms. The topological polar surface area (TPSA) is 84.3 Å². The Balaban J connectivity index is 1.74. The van der Waals surface area contributed by atoms with E-state index in [-0.39, 0.29) is 18.0 Å². The second-order valence-electron chi connectivity index (χ2n) is 5.34. The third-order valence-corrected chi connectivity index (χ3v) is 3.46. The minimum absolute atomic E-state index is 0.0328. The number of non-ortho nitro benzene ring substituents is 1. The Labute approximate surface area is 138 Å². The van der Waals surface area contributed by atoms with Crippen LogP contribution in [-0.2, 0) is 4.79 Å². The number of hydrogen-bond acceptors (Lipinski definition) is 4. The van der Waals surface area contributed by atoms with E-state index in [0.29, 0.717) is 18.7 Å². The summed E-state index contributed by atoms with van der Waals surface area (Å²) in [4.78, 5) is 22.0. The van der Waals surface area contributed by atoms with Crippen LogP contribution in [0.15, 0.2) is 42.5 Å². The Morgan fingerprint density at radius 3 is 2.58 bits per heavy atom. The second-order valence-corrected chi connectivity index (χ2v) is 5.34. The molecule has 0 aliphatic carbocycles. The fourth-order valence-corrected chi connectivity index (χ4v) is 2.12. The fourth-order valence-electron chi connectivity index (χ4n) is 2.12. The lowest BCUT2D eigenvalue weighted by Crippen LogP contribution is -2.14. The normalized spacial score (nSPS) is 10.2.